The van der Waals surface area contributed by atoms with Gasteiger partial charge in [-0.05, 0) is 62.0 Å². The Bertz CT molecular complexity index is 504. The molecule has 1 fully saturated rings. The first-order valence-corrected chi connectivity index (χ1v) is 10.6. The first-order valence-electron chi connectivity index (χ1n) is 8.17. The molecule has 3 heteroatoms. The van der Waals surface area contributed by atoms with E-state index in [9.17, 15) is 0 Å². The molecule has 1 aliphatic heterocycles. The van der Waals surface area contributed by atoms with Gasteiger partial charge >= 0.3 is 0 Å². The van der Waals surface area contributed by atoms with Crippen molar-refractivity contribution in [1.82, 2.24) is 0 Å². The smallest absolute Gasteiger partial charge is 0.127 e. The van der Waals surface area contributed by atoms with Gasteiger partial charge in [-0.3, -0.25) is 0 Å². The second kappa shape index (κ2) is 8.44. The number of thioether (sulfide) groups is 1. The third-order valence-corrected chi connectivity index (χ3v) is 4.94. The third kappa shape index (κ3) is 4.55. The topological polar surface area (TPSA) is 9.23 Å². The van der Waals surface area contributed by atoms with E-state index in [0.717, 1.165) is 16.6 Å². The minimum atomic E-state index is 0.0261. The Morgan fingerprint density at radius 2 is 1.68 bits per heavy atom. The molecule has 1 spiro atoms. The lowest BCUT2D eigenvalue weighted by molar-refractivity contribution is 0.0395. The number of rotatable bonds is 0. The second-order valence-electron chi connectivity index (χ2n) is 6.38. The average molecular weight is 383 g/mol. The first kappa shape index (κ1) is 17.9. The maximum Gasteiger partial charge on any atom is 0.127 e. The van der Waals surface area contributed by atoms with Crippen LogP contribution < -0.4 is 4.74 Å². The van der Waals surface area contributed by atoms with Crippen molar-refractivity contribution >= 4 is 33.3 Å². The molecule has 1 heterocycles. The van der Waals surface area contributed by atoms with E-state index >= 15 is 0 Å². The molecule has 1 saturated carbocycles. The van der Waals surface area contributed by atoms with Crippen LogP contribution >= 0.6 is 27.7 Å². The molecule has 3 rings (SSSR count). The van der Waals surface area contributed by atoms with E-state index in [1.165, 1.54) is 56.1 Å². The second-order valence-corrected chi connectivity index (χ2v) is 8.11. The molecule has 0 saturated heterocycles. The predicted molar refractivity (Wildman–Crippen MR) is 103 cm³/mol. The quantitative estimate of drug-likeness (QED) is 0.493. The van der Waals surface area contributed by atoms with Gasteiger partial charge in [0.15, 0.2) is 0 Å². The van der Waals surface area contributed by atoms with E-state index in [1.807, 2.05) is 12.5 Å². The lowest BCUT2D eigenvalue weighted by atomic mass is 9.79. The zero-order chi connectivity index (χ0) is 16.0. The Morgan fingerprint density at radius 1 is 1.09 bits per heavy atom. The molecule has 0 aromatic heterocycles. The molecule has 0 unspecified atom stereocenters. The van der Waals surface area contributed by atoms with Crippen LogP contribution in [-0.2, 0) is 0 Å². The van der Waals surface area contributed by atoms with Crippen molar-refractivity contribution in [2.24, 2.45) is 0 Å². The van der Waals surface area contributed by atoms with Gasteiger partial charge in [0, 0.05) is 16.5 Å². The molecule has 0 amide bonds. The number of benzene rings is 1. The fourth-order valence-corrected chi connectivity index (χ4v) is 3.81. The van der Waals surface area contributed by atoms with Crippen molar-refractivity contribution in [3.63, 3.8) is 0 Å². The molecule has 22 heavy (non-hydrogen) atoms. The molecule has 0 N–H and O–H groups in total. The highest BCUT2D eigenvalue weighted by Gasteiger charge is 2.37. The zero-order valence-corrected chi connectivity index (χ0v) is 16.2. The Labute approximate surface area is 148 Å². The summed E-state index contributed by atoms with van der Waals surface area (Å²) in [6, 6.07) is 6.28. The van der Waals surface area contributed by atoms with Gasteiger partial charge in [-0.25, -0.2) is 0 Å². The van der Waals surface area contributed by atoms with Gasteiger partial charge in [-0.1, -0.05) is 41.8 Å². The Hall–Kier alpha value is -0.410. The lowest BCUT2D eigenvalue weighted by Gasteiger charge is -2.41. The van der Waals surface area contributed by atoms with Gasteiger partial charge in [0.1, 0.15) is 11.4 Å². The van der Waals surface area contributed by atoms with Crippen LogP contribution in [0, 0.1) is 0 Å². The highest BCUT2D eigenvalue weighted by atomic mass is 79.9. The zero-order valence-electron chi connectivity index (χ0n) is 13.8. The van der Waals surface area contributed by atoms with Gasteiger partial charge in [0.25, 0.3) is 0 Å². The van der Waals surface area contributed by atoms with Crippen LogP contribution in [-0.4, -0.2) is 18.1 Å². The van der Waals surface area contributed by atoms with E-state index in [4.69, 9.17) is 4.74 Å². The summed E-state index contributed by atoms with van der Waals surface area (Å²) >= 11 is 5.28. The van der Waals surface area contributed by atoms with Crippen molar-refractivity contribution in [1.29, 1.82) is 0 Å². The predicted octanol–water partition coefficient (Wildman–Crippen LogP) is 6.71. The molecule has 2 aliphatic rings. The summed E-state index contributed by atoms with van der Waals surface area (Å²) in [5, 5.41) is 0. The number of hydrogen-bond donors (Lipinski definition) is 0. The van der Waals surface area contributed by atoms with Crippen LogP contribution in [0.4, 0.5) is 0 Å². The Kier molecular flexibility index (Phi) is 6.88. The van der Waals surface area contributed by atoms with Crippen LogP contribution in [0.2, 0.25) is 0 Å². The molecule has 0 radical (unpaired) electrons. The highest BCUT2D eigenvalue weighted by Crippen LogP contribution is 2.45. The summed E-state index contributed by atoms with van der Waals surface area (Å²) in [4.78, 5) is 0. The van der Waals surface area contributed by atoms with E-state index in [2.05, 4.69) is 40.7 Å². The lowest BCUT2D eigenvalue weighted by Crippen LogP contribution is -2.39. The maximum atomic E-state index is 6.44. The highest BCUT2D eigenvalue weighted by molar-refractivity contribution is 9.10. The summed E-state index contributed by atoms with van der Waals surface area (Å²) in [5.41, 5.74) is 2.45. The van der Waals surface area contributed by atoms with Crippen molar-refractivity contribution in [3.8, 4) is 5.75 Å². The first-order chi connectivity index (χ1) is 10.6. The number of ether oxygens (including phenoxy) is 1. The minimum Gasteiger partial charge on any atom is -0.486 e. The molecule has 122 valence electrons. The third-order valence-electron chi connectivity index (χ3n) is 4.45. The SMILES string of the molecule is C=C1CC2(CCCCCCC2)Oc2ccc(Br)cc21.CSC. The summed E-state index contributed by atoms with van der Waals surface area (Å²) in [7, 11) is 0. The van der Waals surface area contributed by atoms with Gasteiger partial charge in [-0.2, -0.15) is 11.8 Å². The number of hydrogen-bond acceptors (Lipinski definition) is 2. The van der Waals surface area contributed by atoms with Gasteiger partial charge in [0.2, 0.25) is 0 Å². The molecular weight excluding hydrogens is 356 g/mol. The fraction of sp³-hybridized carbons (Fsp3) is 0.579. The van der Waals surface area contributed by atoms with Crippen molar-refractivity contribution in [2.75, 3.05) is 12.5 Å². The van der Waals surface area contributed by atoms with Crippen LogP contribution in [0.15, 0.2) is 29.3 Å². The molecule has 1 nitrogen and oxygen atoms in total. The van der Waals surface area contributed by atoms with E-state index in [-0.39, 0.29) is 5.60 Å². The molecule has 0 atom stereocenters. The van der Waals surface area contributed by atoms with E-state index in [1.54, 1.807) is 11.8 Å². The van der Waals surface area contributed by atoms with Crippen LogP contribution in [0.3, 0.4) is 0 Å². The summed E-state index contributed by atoms with van der Waals surface area (Å²) in [6.45, 7) is 4.30. The van der Waals surface area contributed by atoms with Gasteiger partial charge in [-0.15, -0.1) is 0 Å². The van der Waals surface area contributed by atoms with Crippen LogP contribution in [0.1, 0.15) is 56.9 Å². The molecule has 1 aliphatic carbocycles. The monoisotopic (exact) mass is 382 g/mol. The standard InChI is InChI=1S/C17H21BrO.C2H6S/c1-13-12-17(9-5-3-2-4-6-10-17)19-16-8-7-14(18)11-15(13)16;1-3-2/h7-8,11H,1-6,9-10,12H2;1-2H3. The minimum absolute atomic E-state index is 0.0261. The maximum absolute atomic E-state index is 6.44. The van der Waals surface area contributed by atoms with Gasteiger partial charge < -0.3 is 4.74 Å². The van der Waals surface area contributed by atoms with Crippen molar-refractivity contribution < 1.29 is 4.74 Å². The van der Waals surface area contributed by atoms with Crippen molar-refractivity contribution in [3.05, 3.63) is 34.8 Å². The number of fused-ring (bicyclic) bond motifs is 1. The largest absolute Gasteiger partial charge is 0.486 e. The summed E-state index contributed by atoms with van der Waals surface area (Å²) < 4.78 is 7.54. The molecule has 0 bridgehead atoms. The van der Waals surface area contributed by atoms with Crippen LogP contribution in [0.5, 0.6) is 5.75 Å². The Balaban J connectivity index is 0.000000545. The summed E-state index contributed by atoms with van der Waals surface area (Å²) in [5.74, 6) is 1.03. The molecule has 1 aromatic rings. The summed E-state index contributed by atoms with van der Waals surface area (Å²) in [6.07, 6.45) is 14.1. The fourth-order valence-electron chi connectivity index (χ4n) is 3.45. The average Bonchev–Trinajstić information content (AvgIpc) is 2.45. The van der Waals surface area contributed by atoms with Gasteiger partial charge in [0.05, 0.1) is 0 Å². The molecular formula is C19H27BrOS. The van der Waals surface area contributed by atoms with E-state index < -0.39 is 0 Å². The van der Waals surface area contributed by atoms with E-state index in [0.29, 0.717) is 0 Å². The van der Waals surface area contributed by atoms with Crippen molar-refractivity contribution in [2.45, 2.75) is 57.0 Å². The number of halogens is 1. The molecule has 1 aromatic carbocycles. The Morgan fingerprint density at radius 3 is 2.32 bits per heavy atom. The normalized spacial score (nSPS) is 20.0. The van der Waals surface area contributed by atoms with Crippen LogP contribution in [0.25, 0.3) is 5.57 Å².